The summed E-state index contributed by atoms with van der Waals surface area (Å²) in [5, 5.41) is 6.34. The third-order valence-corrected chi connectivity index (χ3v) is 3.86. The first-order chi connectivity index (χ1) is 9.16. The summed E-state index contributed by atoms with van der Waals surface area (Å²) in [5.41, 5.74) is 3.93. The van der Waals surface area contributed by atoms with Crippen LogP contribution >= 0.6 is 0 Å². The summed E-state index contributed by atoms with van der Waals surface area (Å²) in [6, 6.07) is 6.50. The molecule has 0 unspecified atom stereocenters. The fraction of sp³-hybridized carbons (Fsp3) is 0.562. The van der Waals surface area contributed by atoms with E-state index in [9.17, 15) is 4.79 Å². The number of benzene rings is 1. The molecule has 1 aromatic rings. The molecule has 1 amide bonds. The second-order valence-corrected chi connectivity index (χ2v) is 5.51. The highest BCUT2D eigenvalue weighted by molar-refractivity contribution is 5.78. The fourth-order valence-corrected chi connectivity index (χ4v) is 2.67. The van der Waals surface area contributed by atoms with Crippen LogP contribution in [0.15, 0.2) is 18.2 Å². The number of carbonyl (C=O) groups is 1. The minimum absolute atomic E-state index is 0.160. The van der Waals surface area contributed by atoms with Gasteiger partial charge >= 0.3 is 0 Å². The average Bonchev–Trinajstić information content (AvgIpc) is 2.42. The second kappa shape index (κ2) is 6.71. The van der Waals surface area contributed by atoms with Gasteiger partial charge in [0.2, 0.25) is 5.91 Å². The van der Waals surface area contributed by atoms with E-state index in [2.05, 4.69) is 42.7 Å². The molecule has 0 radical (unpaired) electrons. The van der Waals surface area contributed by atoms with Gasteiger partial charge in [-0.3, -0.25) is 4.79 Å². The molecule has 104 valence electrons. The number of piperidine rings is 1. The van der Waals surface area contributed by atoms with Crippen LogP contribution < -0.4 is 10.6 Å². The summed E-state index contributed by atoms with van der Waals surface area (Å²) in [5.74, 6) is 0.366. The van der Waals surface area contributed by atoms with Gasteiger partial charge in [-0.05, 0) is 50.8 Å². The molecule has 2 N–H and O–H groups in total. The van der Waals surface area contributed by atoms with Crippen molar-refractivity contribution in [3.05, 3.63) is 34.9 Å². The van der Waals surface area contributed by atoms with E-state index in [-0.39, 0.29) is 11.8 Å². The molecule has 2 rings (SSSR count). The molecular formula is C16H24N2O. The minimum Gasteiger partial charge on any atom is -0.355 e. The van der Waals surface area contributed by atoms with Crippen molar-refractivity contribution in [2.24, 2.45) is 5.92 Å². The molecular weight excluding hydrogens is 236 g/mol. The first kappa shape index (κ1) is 14.1. The van der Waals surface area contributed by atoms with Crippen molar-refractivity contribution in [1.29, 1.82) is 0 Å². The Morgan fingerprint density at radius 1 is 1.42 bits per heavy atom. The van der Waals surface area contributed by atoms with E-state index in [1.807, 2.05) is 0 Å². The Balaban J connectivity index is 1.78. The smallest absolute Gasteiger partial charge is 0.224 e. The molecule has 0 bridgehead atoms. The molecule has 0 saturated carbocycles. The lowest BCUT2D eigenvalue weighted by Gasteiger charge is -2.22. The number of hydrogen-bond acceptors (Lipinski definition) is 2. The van der Waals surface area contributed by atoms with Crippen molar-refractivity contribution in [3.8, 4) is 0 Å². The molecule has 0 spiro atoms. The summed E-state index contributed by atoms with van der Waals surface area (Å²) in [6.07, 6.45) is 3.04. The molecule has 0 aliphatic carbocycles. The van der Waals surface area contributed by atoms with Crippen LogP contribution in [0.4, 0.5) is 0 Å². The van der Waals surface area contributed by atoms with Gasteiger partial charge in [0.25, 0.3) is 0 Å². The van der Waals surface area contributed by atoms with Crippen LogP contribution in [0.25, 0.3) is 0 Å². The summed E-state index contributed by atoms with van der Waals surface area (Å²) >= 11 is 0. The van der Waals surface area contributed by atoms with Crippen LogP contribution in [0.5, 0.6) is 0 Å². The summed E-state index contributed by atoms with van der Waals surface area (Å²) < 4.78 is 0. The predicted octanol–water partition coefficient (Wildman–Crippen LogP) is 1.96. The van der Waals surface area contributed by atoms with E-state index in [1.165, 1.54) is 16.7 Å². The zero-order valence-electron chi connectivity index (χ0n) is 12.0. The van der Waals surface area contributed by atoms with Crippen LogP contribution in [0.3, 0.4) is 0 Å². The Hall–Kier alpha value is -1.35. The van der Waals surface area contributed by atoms with Crippen molar-refractivity contribution < 1.29 is 4.79 Å². The van der Waals surface area contributed by atoms with Gasteiger partial charge in [-0.2, -0.15) is 0 Å². The number of nitrogens with one attached hydrogen (secondary N) is 2. The van der Waals surface area contributed by atoms with E-state index in [0.29, 0.717) is 0 Å². The van der Waals surface area contributed by atoms with Gasteiger partial charge in [0, 0.05) is 13.1 Å². The van der Waals surface area contributed by atoms with Crippen LogP contribution in [-0.4, -0.2) is 25.5 Å². The maximum absolute atomic E-state index is 12.0. The molecule has 1 aliphatic rings. The Morgan fingerprint density at radius 3 is 2.95 bits per heavy atom. The van der Waals surface area contributed by atoms with Gasteiger partial charge in [0.15, 0.2) is 0 Å². The SMILES string of the molecule is Cc1ccc(CCNC(=O)[C@H]2CCCNC2)c(C)c1. The van der Waals surface area contributed by atoms with Crippen LogP contribution in [0.2, 0.25) is 0 Å². The molecule has 1 saturated heterocycles. The standard InChI is InChI=1S/C16H24N2O/c1-12-5-6-14(13(2)10-12)7-9-18-16(19)15-4-3-8-17-11-15/h5-6,10,15,17H,3-4,7-9,11H2,1-2H3,(H,18,19)/t15-/m0/s1. The molecule has 1 heterocycles. The Labute approximate surface area is 115 Å². The van der Waals surface area contributed by atoms with E-state index < -0.39 is 0 Å². The summed E-state index contributed by atoms with van der Waals surface area (Å²) in [4.78, 5) is 12.0. The summed E-state index contributed by atoms with van der Waals surface area (Å²) in [7, 11) is 0. The maximum Gasteiger partial charge on any atom is 0.224 e. The number of aryl methyl sites for hydroxylation is 2. The first-order valence-corrected chi connectivity index (χ1v) is 7.21. The van der Waals surface area contributed by atoms with Crippen LogP contribution in [0, 0.1) is 19.8 Å². The highest BCUT2D eigenvalue weighted by atomic mass is 16.1. The lowest BCUT2D eigenvalue weighted by atomic mass is 9.98. The van der Waals surface area contributed by atoms with E-state index >= 15 is 0 Å². The van der Waals surface area contributed by atoms with Gasteiger partial charge in [-0.15, -0.1) is 0 Å². The van der Waals surface area contributed by atoms with Crippen molar-refractivity contribution in [2.75, 3.05) is 19.6 Å². The van der Waals surface area contributed by atoms with Crippen LogP contribution in [0.1, 0.15) is 29.5 Å². The third-order valence-electron chi connectivity index (χ3n) is 3.86. The van der Waals surface area contributed by atoms with Gasteiger partial charge < -0.3 is 10.6 Å². The number of rotatable bonds is 4. The second-order valence-electron chi connectivity index (χ2n) is 5.51. The van der Waals surface area contributed by atoms with Crippen LogP contribution in [-0.2, 0) is 11.2 Å². The molecule has 3 heteroatoms. The highest BCUT2D eigenvalue weighted by Gasteiger charge is 2.20. The van der Waals surface area contributed by atoms with Crippen molar-refractivity contribution in [3.63, 3.8) is 0 Å². The van der Waals surface area contributed by atoms with Crippen molar-refractivity contribution in [2.45, 2.75) is 33.1 Å². The fourth-order valence-electron chi connectivity index (χ4n) is 2.67. The van der Waals surface area contributed by atoms with Crippen molar-refractivity contribution >= 4 is 5.91 Å². The largest absolute Gasteiger partial charge is 0.355 e. The Bertz CT molecular complexity index is 436. The lowest BCUT2D eigenvalue weighted by molar-refractivity contribution is -0.125. The normalized spacial score (nSPS) is 19.2. The molecule has 1 atom stereocenters. The number of hydrogen-bond donors (Lipinski definition) is 2. The molecule has 19 heavy (non-hydrogen) atoms. The zero-order chi connectivity index (χ0) is 13.7. The highest BCUT2D eigenvalue weighted by Crippen LogP contribution is 2.12. The number of amides is 1. The van der Waals surface area contributed by atoms with E-state index in [0.717, 1.165) is 38.9 Å². The first-order valence-electron chi connectivity index (χ1n) is 7.21. The monoisotopic (exact) mass is 260 g/mol. The third kappa shape index (κ3) is 4.06. The van der Waals surface area contributed by atoms with Gasteiger partial charge in [-0.25, -0.2) is 0 Å². The van der Waals surface area contributed by atoms with E-state index in [4.69, 9.17) is 0 Å². The zero-order valence-corrected chi connectivity index (χ0v) is 12.0. The molecule has 3 nitrogen and oxygen atoms in total. The van der Waals surface area contributed by atoms with Crippen molar-refractivity contribution in [1.82, 2.24) is 10.6 Å². The molecule has 0 aromatic heterocycles. The lowest BCUT2D eigenvalue weighted by Crippen LogP contribution is -2.41. The Kier molecular flexibility index (Phi) is 4.97. The predicted molar refractivity (Wildman–Crippen MR) is 78.2 cm³/mol. The van der Waals surface area contributed by atoms with Gasteiger partial charge in [0.05, 0.1) is 5.92 Å². The summed E-state index contributed by atoms with van der Waals surface area (Å²) in [6.45, 7) is 6.85. The van der Waals surface area contributed by atoms with E-state index in [1.54, 1.807) is 0 Å². The Morgan fingerprint density at radius 2 is 2.26 bits per heavy atom. The number of carbonyl (C=O) groups excluding carboxylic acids is 1. The topological polar surface area (TPSA) is 41.1 Å². The van der Waals surface area contributed by atoms with Gasteiger partial charge in [-0.1, -0.05) is 23.8 Å². The maximum atomic E-state index is 12.0. The average molecular weight is 260 g/mol. The van der Waals surface area contributed by atoms with Gasteiger partial charge in [0.1, 0.15) is 0 Å². The molecule has 1 fully saturated rings. The molecule has 1 aliphatic heterocycles. The molecule has 1 aromatic carbocycles. The quantitative estimate of drug-likeness (QED) is 0.869. The minimum atomic E-state index is 0.160.